The molecule has 9 aromatic rings. The number of morpholine rings is 6. The first kappa shape index (κ1) is 113. The lowest BCUT2D eigenvalue weighted by Crippen LogP contribution is -2.51. The zero-order valence-electron chi connectivity index (χ0n) is 88.2. The van der Waals surface area contributed by atoms with Crippen LogP contribution in [0.2, 0.25) is 0 Å². The summed E-state index contributed by atoms with van der Waals surface area (Å²) in [6, 6.07) is 70.7. The molecule has 21 rings (SSSR count). The Morgan fingerprint density at radius 3 is 0.912 bits per heavy atom. The van der Waals surface area contributed by atoms with E-state index in [1.54, 1.807) is 14.2 Å². The summed E-state index contributed by atoms with van der Waals surface area (Å²) in [4.78, 5) is 15.5. The number of rotatable bonds is 35. The summed E-state index contributed by atoms with van der Waals surface area (Å²) in [5.41, 5.74) is 4.12. The zero-order chi connectivity index (χ0) is 101. The van der Waals surface area contributed by atoms with E-state index in [1.165, 1.54) is 190 Å². The Hall–Kier alpha value is -7.00. The summed E-state index contributed by atoms with van der Waals surface area (Å²) in [7, 11) is 3.25. The van der Waals surface area contributed by atoms with Crippen molar-refractivity contribution in [3.05, 3.63) is 220 Å². The van der Waals surface area contributed by atoms with Crippen LogP contribution in [0.15, 0.2) is 203 Å². The summed E-state index contributed by atoms with van der Waals surface area (Å²) in [5.74, 6) is 3.95. The van der Waals surface area contributed by atoms with E-state index in [-0.39, 0.29) is 0 Å². The molecule has 6 aliphatic heterocycles. The van der Waals surface area contributed by atoms with Crippen molar-refractivity contribution in [2.24, 2.45) is 0 Å². The molecular weight excluding hydrogens is 1980 g/mol. The average Bonchev–Trinajstić information content (AvgIpc) is 0.826. The van der Waals surface area contributed by atoms with Gasteiger partial charge in [0.05, 0.1) is 170 Å². The lowest BCUT2D eigenvalue weighted by atomic mass is 9.91. The topological polar surface area (TPSA) is 176 Å². The van der Waals surface area contributed by atoms with Crippen molar-refractivity contribution >= 4 is 64.2 Å². The minimum atomic E-state index is 0.302. The fourth-order valence-electron chi connectivity index (χ4n) is 23.9. The summed E-state index contributed by atoms with van der Waals surface area (Å²) in [6.07, 6.45) is 35.5. The van der Waals surface area contributed by atoms with Gasteiger partial charge >= 0.3 is 0 Å². The second kappa shape index (κ2) is 63.6. The van der Waals surface area contributed by atoms with Gasteiger partial charge in [-0.2, -0.15) is 0 Å². The number of fused-ring (bicyclic) bond motifs is 3. The summed E-state index contributed by atoms with van der Waals surface area (Å²) >= 11 is 6.91. The van der Waals surface area contributed by atoms with Crippen LogP contribution in [0.5, 0.6) is 28.7 Å². The molecule has 25 heteroatoms. The van der Waals surface area contributed by atoms with Crippen molar-refractivity contribution in [2.45, 2.75) is 246 Å². The minimum Gasteiger partial charge on any atom is -0.493 e. The number of halogens is 2. The van der Waals surface area contributed by atoms with Crippen LogP contribution in [0.3, 0.4) is 0 Å². The quantitative estimate of drug-likeness (QED) is 0.0342. The fraction of sp³-hybridized carbons (Fsp3) is 0.607. The lowest BCUT2D eigenvalue weighted by Gasteiger charge is -2.41. The molecule has 0 spiro atoms. The van der Waals surface area contributed by atoms with Gasteiger partial charge in [-0.1, -0.05) is 236 Å². The summed E-state index contributed by atoms with van der Waals surface area (Å²) in [5, 5.41) is 7.78. The van der Waals surface area contributed by atoms with Gasteiger partial charge in [-0.05, 0) is 206 Å². The predicted molar refractivity (Wildman–Crippen MR) is 594 cm³/mol. The molecule has 23 nitrogen and oxygen atoms in total. The molecule has 12 aliphatic rings. The molecule has 804 valence electrons. The smallest absolute Gasteiger partial charge is 0.164 e. The molecule has 6 saturated heterocycles. The van der Waals surface area contributed by atoms with Gasteiger partial charge in [0, 0.05) is 130 Å². The molecule has 12 atom stereocenters. The van der Waals surface area contributed by atoms with Crippen LogP contribution in [0.1, 0.15) is 171 Å². The van der Waals surface area contributed by atoms with Gasteiger partial charge in [0.15, 0.2) is 11.5 Å². The van der Waals surface area contributed by atoms with E-state index in [2.05, 4.69) is 207 Å². The average molecular weight is 2150 g/mol. The molecule has 6 heterocycles. The highest BCUT2D eigenvalue weighted by atomic mass is 79.9. The van der Waals surface area contributed by atoms with E-state index in [4.69, 9.17) is 80.5 Å². The van der Waals surface area contributed by atoms with Crippen LogP contribution in [0, 0.1) is 0 Å². The molecule has 0 aromatic heterocycles. The second-order valence-corrected chi connectivity index (χ2v) is 43.0. The third-order valence-corrected chi connectivity index (χ3v) is 32.8. The van der Waals surface area contributed by atoms with Crippen molar-refractivity contribution in [3.8, 4) is 28.7 Å². The van der Waals surface area contributed by atoms with Crippen LogP contribution in [0.4, 0.5) is 0 Å². The monoisotopic (exact) mass is 2150 g/mol. The van der Waals surface area contributed by atoms with Crippen molar-refractivity contribution < 1.29 is 80.5 Å². The maximum absolute atomic E-state index is 6.42. The number of ether oxygens (including phenoxy) is 17. The van der Waals surface area contributed by atoms with Crippen molar-refractivity contribution in [1.29, 1.82) is 0 Å². The summed E-state index contributed by atoms with van der Waals surface area (Å²) < 4.78 is 101. The largest absolute Gasteiger partial charge is 0.493 e. The predicted octanol–water partition coefficient (Wildman–Crippen LogP) is 21.8. The fourth-order valence-corrected chi connectivity index (χ4v) is 24.4. The van der Waals surface area contributed by atoms with Crippen molar-refractivity contribution in [2.75, 3.05) is 232 Å². The normalized spacial score (nSPS) is 25.4. The first-order chi connectivity index (χ1) is 72.7. The number of benzene rings is 9. The zero-order valence-corrected chi connectivity index (χ0v) is 91.4. The van der Waals surface area contributed by atoms with E-state index in [1.807, 2.05) is 48.5 Å². The van der Waals surface area contributed by atoms with Gasteiger partial charge in [-0.15, -0.1) is 0 Å². The Bertz CT molecular complexity index is 5130. The number of hydrogen-bond acceptors (Lipinski definition) is 23. The van der Waals surface area contributed by atoms with E-state index in [9.17, 15) is 0 Å². The molecule has 6 aliphatic carbocycles. The van der Waals surface area contributed by atoms with Gasteiger partial charge in [0.1, 0.15) is 37.1 Å². The molecule has 0 N–H and O–H groups in total. The molecule has 147 heavy (non-hydrogen) atoms. The maximum Gasteiger partial charge on any atom is 0.164 e. The number of methoxy groups -OCH3 is 2. The SMILES string of the molecule is Brc1ccc(CCO[C@H]2CCCCC2N2CCOCC2)cc1.Brc1ccc(OCCO[C@H]2CCCCC2N2CCOCC2)cc1.COc1ccc(OCCO[C@H]2CCCCC2N2CCOCC2)cc1OC.c1ccc2c(CCO[C@H]3CCCCC3N3CCOCC3)cccc2c1.c1ccc2cc(CCO[C@H]3CCCCC3N3CCOCC3)ccc2c1.c1ccc2cc(OCCO[C@H]3CCCCC3N3CCOCC3)ccc2c1. The molecule has 12 fully saturated rings. The molecule has 0 radical (unpaired) electrons. The molecule has 0 bridgehead atoms. The third kappa shape index (κ3) is 36.3. The molecular formula is C122H170Br2N6O17. The highest BCUT2D eigenvalue weighted by molar-refractivity contribution is 9.10. The van der Waals surface area contributed by atoms with Gasteiger partial charge in [0.2, 0.25) is 0 Å². The Kier molecular flexibility index (Phi) is 48.7. The van der Waals surface area contributed by atoms with E-state index >= 15 is 0 Å². The Balaban J connectivity index is 0.000000126. The molecule has 9 aromatic carbocycles. The van der Waals surface area contributed by atoms with Crippen LogP contribution in [0.25, 0.3) is 32.3 Å². The van der Waals surface area contributed by atoms with Crippen LogP contribution in [-0.4, -0.2) is 334 Å². The van der Waals surface area contributed by atoms with E-state index in [0.717, 1.165) is 236 Å². The third-order valence-electron chi connectivity index (χ3n) is 31.8. The number of nitrogens with zero attached hydrogens (tertiary/aromatic N) is 6. The Morgan fingerprint density at radius 2 is 0.524 bits per heavy atom. The Morgan fingerprint density at radius 1 is 0.238 bits per heavy atom. The first-order valence-corrected chi connectivity index (χ1v) is 57.9. The van der Waals surface area contributed by atoms with Crippen LogP contribution in [-0.2, 0) is 76.1 Å². The van der Waals surface area contributed by atoms with Crippen LogP contribution < -0.4 is 23.7 Å². The van der Waals surface area contributed by atoms with Gasteiger partial charge in [-0.3, -0.25) is 29.4 Å². The van der Waals surface area contributed by atoms with Crippen molar-refractivity contribution in [1.82, 2.24) is 29.4 Å². The van der Waals surface area contributed by atoms with Crippen molar-refractivity contribution in [3.63, 3.8) is 0 Å². The second-order valence-electron chi connectivity index (χ2n) is 41.2. The number of hydrogen-bond donors (Lipinski definition) is 0. The molecule has 6 saturated carbocycles. The minimum absolute atomic E-state index is 0.302. The van der Waals surface area contributed by atoms with E-state index < -0.39 is 0 Å². The molecule has 6 unspecified atom stereocenters. The highest BCUT2D eigenvalue weighted by Gasteiger charge is 2.39. The Labute approximate surface area is 894 Å². The van der Waals surface area contributed by atoms with Gasteiger partial charge in [-0.25, -0.2) is 0 Å². The van der Waals surface area contributed by atoms with Gasteiger partial charge in [0.25, 0.3) is 0 Å². The van der Waals surface area contributed by atoms with Gasteiger partial charge < -0.3 is 80.5 Å². The maximum atomic E-state index is 6.42. The lowest BCUT2D eigenvalue weighted by molar-refractivity contribution is -0.0699. The standard InChI is InChI=1S/C22H29NO3.2C22H29NO2.C20H31NO5.C18H26BrNO3.C18H26BrNO2/c1-2-6-19-17-20(10-9-18(19)5-1)25-15-16-26-22-8-4-3-7-21(22)23-11-13-24-14-12-23;1-2-9-20-18(6-1)7-5-8-19(20)12-15-25-22-11-4-3-10-21(22)23-13-16-24-17-14-23;1-2-6-20-17-18(9-10-19(20)5-1)11-14-25-22-8-4-3-7-21(22)23-12-15-24-16-13-23;1-22-19-8-7-16(15-20(19)23-2)25-13-14-26-18-6-4-3-5-17(18)21-9-11-24-12-10-21;19-15-5-7-16(8-6-15)22-13-14-23-18-4-2-1-3-17(18)20-9-11-21-12-10-20;19-16-7-5-15(6-8-16)9-12-22-18-4-2-1-3-17(18)20-10-13-21-14-11-20/h1-2,5-6,9-10,17,21-22H,3-4,7-8,11-16H2;1-2,5-9,21-22H,3-4,10-17H2;1-2,5-6,9-10,17,21-22H,3-4,7-8,11-16H2;7-8,15,17-18H,3-6,9-14H2,1-2H3;5-8,17-18H,1-4,9-14H2;5-8,17-18H,1-4,9-14H2/t3*21?,22-;3*17?,18-/m000000/s1. The van der Waals surface area contributed by atoms with E-state index in [0.29, 0.717) is 124 Å². The first-order valence-electron chi connectivity index (χ1n) is 56.3. The van der Waals surface area contributed by atoms with Crippen LogP contribution >= 0.6 is 31.9 Å². The molecule has 0 amide bonds. The summed E-state index contributed by atoms with van der Waals surface area (Å²) in [6.45, 7) is 29.1. The highest BCUT2D eigenvalue weighted by Crippen LogP contribution is 2.37.